The summed E-state index contributed by atoms with van der Waals surface area (Å²) < 4.78 is 35.5. The van der Waals surface area contributed by atoms with Gasteiger partial charge in [-0.1, -0.05) is 19.1 Å². The van der Waals surface area contributed by atoms with E-state index in [1.54, 1.807) is 32.2 Å². The lowest BCUT2D eigenvalue weighted by atomic mass is 10.2. The lowest BCUT2D eigenvalue weighted by molar-refractivity contribution is -0.0520. The van der Waals surface area contributed by atoms with E-state index in [0.717, 1.165) is 19.6 Å². The summed E-state index contributed by atoms with van der Waals surface area (Å²) in [6, 6.07) is 5.07. The van der Waals surface area contributed by atoms with Gasteiger partial charge < -0.3 is 25.0 Å². The molecule has 0 bridgehead atoms. The Morgan fingerprint density at radius 2 is 2.00 bits per heavy atom. The summed E-state index contributed by atoms with van der Waals surface area (Å²) in [5.41, 5.74) is 0.569. The highest BCUT2D eigenvalue weighted by molar-refractivity contribution is 14.0. The molecule has 0 aliphatic heterocycles. The molecule has 1 aromatic carbocycles. The van der Waals surface area contributed by atoms with E-state index in [-0.39, 0.29) is 36.3 Å². The van der Waals surface area contributed by atoms with Crippen molar-refractivity contribution < 1.29 is 18.3 Å². The van der Waals surface area contributed by atoms with E-state index in [0.29, 0.717) is 23.9 Å². The van der Waals surface area contributed by atoms with Gasteiger partial charge in [-0.2, -0.15) is 8.78 Å². The number of guanidine groups is 1. The minimum atomic E-state index is -2.91. The van der Waals surface area contributed by atoms with Gasteiger partial charge >= 0.3 is 6.61 Å². The molecule has 6 nitrogen and oxygen atoms in total. The Kier molecular flexibility index (Phi) is 13.1. The van der Waals surface area contributed by atoms with Crippen LogP contribution in [0.5, 0.6) is 11.5 Å². The normalized spacial score (nSPS) is 11.3. The van der Waals surface area contributed by atoms with Crippen molar-refractivity contribution in [3.8, 4) is 11.5 Å². The van der Waals surface area contributed by atoms with Crippen molar-refractivity contribution in [1.29, 1.82) is 0 Å². The lowest BCUT2D eigenvalue weighted by Crippen LogP contribution is -2.40. The van der Waals surface area contributed by atoms with Crippen molar-refractivity contribution in [3.05, 3.63) is 23.8 Å². The van der Waals surface area contributed by atoms with Crippen LogP contribution in [-0.4, -0.2) is 57.8 Å². The van der Waals surface area contributed by atoms with E-state index < -0.39 is 6.61 Å². The second kappa shape index (κ2) is 13.8. The minimum Gasteiger partial charge on any atom is -0.490 e. The van der Waals surface area contributed by atoms with Gasteiger partial charge in [-0.3, -0.25) is 4.99 Å². The zero-order valence-electron chi connectivity index (χ0n) is 15.7. The number of likely N-dealkylation sites (N-methyl/N-ethyl adjacent to an activating group) is 1. The summed E-state index contributed by atoms with van der Waals surface area (Å²) >= 11 is 0. The molecule has 0 heterocycles. The molecular weight excluding hydrogens is 457 g/mol. The molecule has 0 aliphatic carbocycles. The minimum absolute atomic E-state index is 0. The highest BCUT2D eigenvalue weighted by atomic mass is 127. The van der Waals surface area contributed by atoms with Crippen molar-refractivity contribution in [1.82, 2.24) is 15.5 Å². The predicted molar refractivity (Wildman–Crippen MR) is 111 cm³/mol. The molecule has 0 fully saturated rings. The van der Waals surface area contributed by atoms with Crippen molar-refractivity contribution in [2.45, 2.75) is 27.0 Å². The first-order chi connectivity index (χ1) is 12.0. The molecule has 0 saturated carbocycles. The molecule has 1 rings (SSSR count). The van der Waals surface area contributed by atoms with Gasteiger partial charge in [0, 0.05) is 32.2 Å². The molecule has 2 N–H and O–H groups in total. The van der Waals surface area contributed by atoms with Gasteiger partial charge in [-0.25, -0.2) is 0 Å². The summed E-state index contributed by atoms with van der Waals surface area (Å²) in [6.45, 7) is 4.17. The number of hydrogen-bond acceptors (Lipinski definition) is 4. The second-order valence-corrected chi connectivity index (χ2v) is 5.30. The van der Waals surface area contributed by atoms with Gasteiger partial charge in [0.2, 0.25) is 0 Å². The smallest absolute Gasteiger partial charge is 0.387 e. The van der Waals surface area contributed by atoms with Crippen molar-refractivity contribution in [2.24, 2.45) is 4.99 Å². The highest BCUT2D eigenvalue weighted by Crippen LogP contribution is 2.32. The van der Waals surface area contributed by atoms with E-state index in [9.17, 15) is 8.78 Å². The Labute approximate surface area is 171 Å². The Balaban J connectivity index is 0.00000625. The molecule has 9 heteroatoms. The number of nitrogens with zero attached hydrogens (tertiary/aromatic N) is 2. The molecule has 0 aromatic heterocycles. The molecular formula is C17H29F2IN4O2. The fourth-order valence-corrected chi connectivity index (χ4v) is 2.12. The molecule has 0 amide bonds. The molecule has 1 aromatic rings. The summed E-state index contributed by atoms with van der Waals surface area (Å²) in [5, 5.41) is 6.28. The number of aliphatic imine (C=N–C) groups is 1. The Morgan fingerprint density at radius 1 is 1.27 bits per heavy atom. The number of benzene rings is 1. The van der Waals surface area contributed by atoms with Crippen LogP contribution < -0.4 is 20.1 Å². The Morgan fingerprint density at radius 3 is 2.58 bits per heavy atom. The van der Waals surface area contributed by atoms with Crippen LogP contribution in [-0.2, 0) is 6.54 Å². The molecule has 0 spiro atoms. The standard InChI is InChI=1S/C17H28F2N4O2.HI/c1-5-23(4)11-10-21-17(20-3)22-12-13-8-7-9-14(24-6-2)15(13)25-16(18)19;/h7-9,16H,5-6,10-12H2,1-4H3,(H2,20,21,22);1H. The highest BCUT2D eigenvalue weighted by Gasteiger charge is 2.15. The molecule has 0 unspecified atom stereocenters. The third-order valence-corrected chi connectivity index (χ3v) is 3.56. The van der Waals surface area contributed by atoms with Crippen LogP contribution in [0.4, 0.5) is 8.78 Å². The first-order valence-corrected chi connectivity index (χ1v) is 8.34. The number of hydrogen-bond donors (Lipinski definition) is 2. The Hall–Kier alpha value is -1.36. The third-order valence-electron chi connectivity index (χ3n) is 3.56. The van der Waals surface area contributed by atoms with Crippen molar-refractivity contribution >= 4 is 29.9 Å². The van der Waals surface area contributed by atoms with Crippen molar-refractivity contribution in [2.75, 3.05) is 40.3 Å². The molecule has 150 valence electrons. The van der Waals surface area contributed by atoms with Crippen LogP contribution in [0.3, 0.4) is 0 Å². The number of para-hydroxylation sites is 1. The average Bonchev–Trinajstić information content (AvgIpc) is 2.59. The van der Waals surface area contributed by atoms with E-state index in [4.69, 9.17) is 4.74 Å². The summed E-state index contributed by atoms with van der Waals surface area (Å²) in [5.74, 6) is 0.942. The second-order valence-electron chi connectivity index (χ2n) is 5.30. The SMILES string of the molecule is CCOc1cccc(CNC(=NC)NCCN(C)CC)c1OC(F)F.I. The van der Waals surface area contributed by atoms with Crippen LogP contribution in [0.2, 0.25) is 0 Å². The summed E-state index contributed by atoms with van der Waals surface area (Å²) in [7, 11) is 3.69. The maximum atomic E-state index is 12.7. The number of alkyl halides is 2. The third kappa shape index (κ3) is 8.84. The zero-order chi connectivity index (χ0) is 18.7. The van der Waals surface area contributed by atoms with Crippen LogP contribution in [0.15, 0.2) is 23.2 Å². The number of halogens is 3. The van der Waals surface area contributed by atoms with E-state index >= 15 is 0 Å². The van der Waals surface area contributed by atoms with Gasteiger partial charge in [0.1, 0.15) is 0 Å². The van der Waals surface area contributed by atoms with Crippen LogP contribution >= 0.6 is 24.0 Å². The number of nitrogens with one attached hydrogen (secondary N) is 2. The topological polar surface area (TPSA) is 58.1 Å². The van der Waals surface area contributed by atoms with Gasteiger partial charge in [-0.15, -0.1) is 24.0 Å². The van der Waals surface area contributed by atoms with Gasteiger partial charge in [0.15, 0.2) is 17.5 Å². The van der Waals surface area contributed by atoms with Crippen LogP contribution in [0.25, 0.3) is 0 Å². The lowest BCUT2D eigenvalue weighted by Gasteiger charge is -2.18. The first kappa shape index (κ1) is 24.6. The summed E-state index contributed by atoms with van der Waals surface area (Å²) in [4.78, 5) is 6.30. The molecule has 0 aliphatic rings. The van der Waals surface area contributed by atoms with E-state index in [1.165, 1.54) is 0 Å². The quantitative estimate of drug-likeness (QED) is 0.303. The Bertz CT molecular complexity index is 547. The molecule has 0 radical (unpaired) electrons. The largest absolute Gasteiger partial charge is 0.490 e. The fraction of sp³-hybridized carbons (Fsp3) is 0.588. The van der Waals surface area contributed by atoms with Gasteiger partial charge in [0.05, 0.1) is 6.61 Å². The predicted octanol–water partition coefficient (Wildman–Crippen LogP) is 2.92. The first-order valence-electron chi connectivity index (χ1n) is 8.34. The number of rotatable bonds is 10. The van der Waals surface area contributed by atoms with Crippen LogP contribution in [0, 0.1) is 0 Å². The maximum absolute atomic E-state index is 12.7. The van der Waals surface area contributed by atoms with Gasteiger partial charge in [0.25, 0.3) is 0 Å². The number of ether oxygens (including phenoxy) is 2. The van der Waals surface area contributed by atoms with Crippen molar-refractivity contribution in [3.63, 3.8) is 0 Å². The average molecular weight is 486 g/mol. The maximum Gasteiger partial charge on any atom is 0.387 e. The molecule has 26 heavy (non-hydrogen) atoms. The van der Waals surface area contributed by atoms with Crippen LogP contribution in [0.1, 0.15) is 19.4 Å². The summed E-state index contributed by atoms with van der Waals surface area (Å²) in [6.07, 6.45) is 0. The zero-order valence-corrected chi connectivity index (χ0v) is 18.1. The van der Waals surface area contributed by atoms with E-state index in [2.05, 4.69) is 32.2 Å². The molecule has 0 atom stereocenters. The fourth-order valence-electron chi connectivity index (χ4n) is 2.12. The molecule has 0 saturated heterocycles. The van der Waals surface area contributed by atoms with Gasteiger partial charge in [-0.05, 0) is 26.6 Å². The monoisotopic (exact) mass is 486 g/mol. The van der Waals surface area contributed by atoms with E-state index in [1.807, 2.05) is 7.05 Å².